The van der Waals surface area contributed by atoms with Crippen LogP contribution in [0.4, 0.5) is 23.5 Å². The molecule has 3 N–H and O–H groups in total. The second-order valence-corrected chi connectivity index (χ2v) is 8.15. The number of aromatic hydroxyl groups is 1. The van der Waals surface area contributed by atoms with Gasteiger partial charge in [0.1, 0.15) is 0 Å². The first-order valence-corrected chi connectivity index (χ1v) is 11.1. The molecule has 1 aromatic heterocycles. The summed E-state index contributed by atoms with van der Waals surface area (Å²) in [6.07, 6.45) is 1.59. The highest BCUT2D eigenvalue weighted by Crippen LogP contribution is 2.27. The second-order valence-electron chi connectivity index (χ2n) is 7.29. The predicted molar refractivity (Wildman–Crippen MR) is 131 cm³/mol. The molecule has 0 amide bonds. The maximum absolute atomic E-state index is 9.74. The summed E-state index contributed by atoms with van der Waals surface area (Å²) in [6.45, 7) is 4.63. The number of ether oxygens (including phenoxy) is 2. The van der Waals surface area contributed by atoms with Gasteiger partial charge in [0, 0.05) is 17.6 Å². The molecule has 0 spiro atoms. The summed E-state index contributed by atoms with van der Waals surface area (Å²) in [7, 11) is 1.49. The number of benzene rings is 2. The number of phenolic OH excluding ortho intramolecular Hbond substituents is 1. The summed E-state index contributed by atoms with van der Waals surface area (Å²) in [4.78, 5) is 15.6. The van der Waals surface area contributed by atoms with Gasteiger partial charge in [-0.2, -0.15) is 20.1 Å². The normalized spacial score (nSPS) is 13.8. The largest absolute Gasteiger partial charge is 0.504 e. The molecule has 33 heavy (non-hydrogen) atoms. The summed E-state index contributed by atoms with van der Waals surface area (Å²) >= 11 is 3.58. The van der Waals surface area contributed by atoms with Crippen LogP contribution in [0, 0.1) is 6.92 Å². The fraction of sp³-hybridized carbons (Fsp3) is 0.273. The molecule has 172 valence electrons. The topological polar surface area (TPSA) is 117 Å². The minimum absolute atomic E-state index is 0.0632. The average Bonchev–Trinajstić information content (AvgIpc) is 2.82. The summed E-state index contributed by atoms with van der Waals surface area (Å²) in [5.74, 6) is 1.64. The van der Waals surface area contributed by atoms with E-state index in [2.05, 4.69) is 46.7 Å². The third kappa shape index (κ3) is 5.88. The molecule has 1 saturated heterocycles. The molecular weight excluding hydrogens is 490 g/mol. The minimum Gasteiger partial charge on any atom is -0.504 e. The van der Waals surface area contributed by atoms with Crippen molar-refractivity contribution in [3.8, 4) is 11.5 Å². The minimum atomic E-state index is 0.0632. The van der Waals surface area contributed by atoms with Crippen LogP contribution in [0.5, 0.6) is 11.5 Å². The van der Waals surface area contributed by atoms with Gasteiger partial charge in [-0.05, 0) is 64.3 Å². The van der Waals surface area contributed by atoms with Gasteiger partial charge in [-0.3, -0.25) is 0 Å². The van der Waals surface area contributed by atoms with E-state index < -0.39 is 0 Å². The summed E-state index contributed by atoms with van der Waals surface area (Å²) < 4.78 is 11.5. The quantitative estimate of drug-likeness (QED) is 0.321. The van der Waals surface area contributed by atoms with Crippen LogP contribution in [0.2, 0.25) is 0 Å². The van der Waals surface area contributed by atoms with Crippen LogP contribution in [0.1, 0.15) is 11.1 Å². The van der Waals surface area contributed by atoms with Crippen molar-refractivity contribution in [1.82, 2.24) is 15.0 Å². The first-order chi connectivity index (χ1) is 16.0. The Bertz CT molecular complexity index is 1150. The number of anilines is 4. The Balaban J connectivity index is 1.58. The zero-order chi connectivity index (χ0) is 23.2. The number of nitrogens with one attached hydrogen (secondary N) is 2. The molecule has 3 aromatic rings. The number of aryl methyl sites for hydroxylation is 1. The lowest BCUT2D eigenvalue weighted by Crippen LogP contribution is -2.37. The smallest absolute Gasteiger partial charge is 0.250 e. The number of phenols is 1. The molecule has 1 aliphatic rings. The zero-order valence-corrected chi connectivity index (χ0v) is 19.8. The van der Waals surface area contributed by atoms with Gasteiger partial charge in [-0.25, -0.2) is 5.43 Å². The number of rotatable bonds is 7. The molecule has 4 rings (SSSR count). The summed E-state index contributed by atoms with van der Waals surface area (Å²) in [5.41, 5.74) is 5.58. The lowest BCUT2D eigenvalue weighted by Gasteiger charge is -2.27. The van der Waals surface area contributed by atoms with Gasteiger partial charge in [0.05, 0.1) is 32.2 Å². The predicted octanol–water partition coefficient (Wildman–Crippen LogP) is 3.68. The fourth-order valence-corrected chi connectivity index (χ4v) is 3.75. The van der Waals surface area contributed by atoms with E-state index in [-0.39, 0.29) is 5.75 Å². The molecule has 0 atom stereocenters. The van der Waals surface area contributed by atoms with Crippen molar-refractivity contribution >= 4 is 45.7 Å². The highest BCUT2D eigenvalue weighted by Gasteiger charge is 2.17. The average molecular weight is 514 g/mol. The third-order valence-corrected chi connectivity index (χ3v) is 5.53. The second kappa shape index (κ2) is 10.5. The van der Waals surface area contributed by atoms with Crippen molar-refractivity contribution in [2.24, 2.45) is 5.10 Å². The highest BCUT2D eigenvalue weighted by molar-refractivity contribution is 9.10. The SMILES string of the molecule is COc1cc(C=NNc2nc(Nc3ccc(C)cc3Br)nc(N3CCOCC3)n2)ccc1O. The lowest BCUT2D eigenvalue weighted by atomic mass is 10.2. The van der Waals surface area contributed by atoms with E-state index in [0.29, 0.717) is 49.9 Å². The number of halogens is 1. The van der Waals surface area contributed by atoms with Crippen LogP contribution < -0.4 is 20.4 Å². The number of methoxy groups -OCH3 is 1. The van der Waals surface area contributed by atoms with Crippen molar-refractivity contribution < 1.29 is 14.6 Å². The van der Waals surface area contributed by atoms with Gasteiger partial charge in [0.15, 0.2) is 11.5 Å². The molecular formula is C22H24BrN7O3. The van der Waals surface area contributed by atoms with Crippen LogP contribution in [-0.4, -0.2) is 59.7 Å². The Hall–Kier alpha value is -3.44. The molecule has 0 unspecified atom stereocenters. The van der Waals surface area contributed by atoms with E-state index in [1.165, 1.54) is 7.11 Å². The molecule has 11 heteroatoms. The fourth-order valence-electron chi connectivity index (χ4n) is 3.16. The number of morpholine rings is 1. The monoisotopic (exact) mass is 513 g/mol. The van der Waals surface area contributed by atoms with E-state index in [1.54, 1.807) is 24.4 Å². The molecule has 2 heterocycles. The van der Waals surface area contributed by atoms with Crippen molar-refractivity contribution in [3.63, 3.8) is 0 Å². The van der Waals surface area contributed by atoms with Crippen LogP contribution in [-0.2, 0) is 4.74 Å². The molecule has 0 bridgehead atoms. The van der Waals surface area contributed by atoms with E-state index in [9.17, 15) is 5.11 Å². The molecule has 0 aliphatic carbocycles. The molecule has 1 aliphatic heterocycles. The maximum atomic E-state index is 9.74. The Morgan fingerprint density at radius 1 is 1.12 bits per heavy atom. The maximum Gasteiger partial charge on any atom is 0.250 e. The van der Waals surface area contributed by atoms with E-state index in [0.717, 1.165) is 21.3 Å². The van der Waals surface area contributed by atoms with Crippen molar-refractivity contribution in [2.75, 3.05) is 49.1 Å². The van der Waals surface area contributed by atoms with Gasteiger partial charge in [0.25, 0.3) is 0 Å². The van der Waals surface area contributed by atoms with Crippen molar-refractivity contribution in [2.45, 2.75) is 6.92 Å². The standard InChI is InChI=1S/C22H24BrN7O3/c1-14-3-5-17(16(23)11-14)25-20-26-21(28-22(27-20)30-7-9-33-10-8-30)29-24-13-15-4-6-18(31)19(12-15)32-2/h3-6,11-13,31H,7-10H2,1-2H3,(H2,25,26,27,28,29). The first kappa shape index (κ1) is 22.7. The highest BCUT2D eigenvalue weighted by atomic mass is 79.9. The van der Waals surface area contributed by atoms with Gasteiger partial charge in [-0.15, -0.1) is 0 Å². The van der Waals surface area contributed by atoms with Gasteiger partial charge in [-0.1, -0.05) is 6.07 Å². The van der Waals surface area contributed by atoms with Gasteiger partial charge < -0.3 is 24.8 Å². The van der Waals surface area contributed by atoms with E-state index in [4.69, 9.17) is 9.47 Å². The van der Waals surface area contributed by atoms with E-state index >= 15 is 0 Å². The molecule has 0 saturated carbocycles. The third-order valence-electron chi connectivity index (χ3n) is 4.87. The number of nitrogens with zero attached hydrogens (tertiary/aromatic N) is 5. The Morgan fingerprint density at radius 3 is 2.67 bits per heavy atom. The number of hydrogen-bond acceptors (Lipinski definition) is 10. The Labute approximate surface area is 199 Å². The van der Waals surface area contributed by atoms with E-state index in [1.807, 2.05) is 30.0 Å². The molecule has 10 nitrogen and oxygen atoms in total. The summed E-state index contributed by atoms with van der Waals surface area (Å²) in [5, 5.41) is 17.2. The van der Waals surface area contributed by atoms with Crippen molar-refractivity contribution in [3.05, 3.63) is 52.0 Å². The van der Waals surface area contributed by atoms with Gasteiger partial charge >= 0.3 is 0 Å². The van der Waals surface area contributed by atoms with Crippen LogP contribution >= 0.6 is 15.9 Å². The number of hydrogen-bond donors (Lipinski definition) is 3. The molecule has 2 aromatic carbocycles. The lowest BCUT2D eigenvalue weighted by molar-refractivity contribution is 0.122. The zero-order valence-electron chi connectivity index (χ0n) is 18.2. The van der Waals surface area contributed by atoms with Crippen LogP contribution in [0.3, 0.4) is 0 Å². The Morgan fingerprint density at radius 2 is 1.91 bits per heavy atom. The van der Waals surface area contributed by atoms with Crippen LogP contribution in [0.15, 0.2) is 46.0 Å². The number of hydrazone groups is 1. The first-order valence-electron chi connectivity index (χ1n) is 10.3. The van der Waals surface area contributed by atoms with Gasteiger partial charge in [0.2, 0.25) is 17.8 Å². The molecule has 1 fully saturated rings. The Kier molecular flexibility index (Phi) is 7.20. The summed E-state index contributed by atoms with van der Waals surface area (Å²) in [6, 6.07) is 10.9. The van der Waals surface area contributed by atoms with Crippen molar-refractivity contribution in [1.29, 1.82) is 0 Å². The number of aromatic nitrogens is 3. The van der Waals surface area contributed by atoms with Crippen LogP contribution in [0.25, 0.3) is 0 Å². The molecule has 0 radical (unpaired) electrons.